The lowest BCUT2D eigenvalue weighted by molar-refractivity contribution is -0.133. The van der Waals surface area contributed by atoms with Crippen LogP contribution in [-0.2, 0) is 16.0 Å². The monoisotopic (exact) mass is 452 g/mol. The van der Waals surface area contributed by atoms with Crippen LogP contribution >= 0.6 is 0 Å². The summed E-state index contributed by atoms with van der Waals surface area (Å²) in [5, 5.41) is 3.06. The van der Waals surface area contributed by atoms with Gasteiger partial charge in [-0.3, -0.25) is 9.59 Å². The van der Waals surface area contributed by atoms with E-state index in [2.05, 4.69) is 35.2 Å². The summed E-state index contributed by atoms with van der Waals surface area (Å²) >= 11 is 0. The molecule has 2 fully saturated rings. The van der Waals surface area contributed by atoms with Gasteiger partial charge in [-0.25, -0.2) is 4.39 Å². The van der Waals surface area contributed by atoms with Crippen molar-refractivity contribution in [2.45, 2.75) is 26.2 Å². The molecule has 2 aliphatic heterocycles. The zero-order chi connectivity index (χ0) is 23.4. The highest BCUT2D eigenvalue weighted by Gasteiger charge is 2.28. The fourth-order valence-electron chi connectivity index (χ4n) is 4.69. The number of carbonyl (C=O) groups excluding carboxylic acids is 2. The van der Waals surface area contributed by atoms with E-state index in [1.807, 2.05) is 12.1 Å². The highest BCUT2D eigenvalue weighted by molar-refractivity contribution is 5.93. The molecule has 33 heavy (non-hydrogen) atoms. The minimum atomic E-state index is -0.312. The van der Waals surface area contributed by atoms with E-state index >= 15 is 0 Å². The average molecular weight is 453 g/mol. The van der Waals surface area contributed by atoms with Crippen molar-refractivity contribution in [1.29, 1.82) is 0 Å². The van der Waals surface area contributed by atoms with Crippen molar-refractivity contribution in [2.75, 3.05) is 56.5 Å². The molecular weight excluding hydrogens is 419 g/mol. The molecule has 2 amide bonds. The first kappa shape index (κ1) is 23.2. The molecule has 2 aliphatic rings. The van der Waals surface area contributed by atoms with Gasteiger partial charge < -0.3 is 20.0 Å². The van der Waals surface area contributed by atoms with Crippen molar-refractivity contribution in [1.82, 2.24) is 9.80 Å². The molecule has 0 aromatic heterocycles. The molecule has 1 unspecified atom stereocenters. The molecule has 4 rings (SSSR count). The Labute approximate surface area is 195 Å². The van der Waals surface area contributed by atoms with Gasteiger partial charge in [-0.2, -0.15) is 0 Å². The number of halogens is 1. The second-order valence-corrected chi connectivity index (χ2v) is 9.26. The van der Waals surface area contributed by atoms with Gasteiger partial charge in [-0.1, -0.05) is 12.1 Å². The van der Waals surface area contributed by atoms with Crippen LogP contribution in [-0.4, -0.2) is 67.9 Å². The molecule has 7 heteroatoms. The number of hydrogen-bond acceptors (Lipinski definition) is 4. The number of hydrogen-bond donors (Lipinski definition) is 1. The largest absolute Gasteiger partial charge is 0.369 e. The van der Waals surface area contributed by atoms with Gasteiger partial charge in [0.15, 0.2) is 0 Å². The van der Waals surface area contributed by atoms with E-state index in [4.69, 9.17) is 0 Å². The lowest BCUT2D eigenvalue weighted by Gasteiger charge is -2.35. The normalized spacial score (nSPS) is 19.4. The van der Waals surface area contributed by atoms with Gasteiger partial charge in [0.1, 0.15) is 5.82 Å². The zero-order valence-corrected chi connectivity index (χ0v) is 19.5. The Kier molecular flexibility index (Phi) is 7.28. The van der Waals surface area contributed by atoms with Crippen LogP contribution in [0.3, 0.4) is 0 Å². The molecule has 6 nitrogen and oxygen atoms in total. The fourth-order valence-corrected chi connectivity index (χ4v) is 4.69. The first-order valence-corrected chi connectivity index (χ1v) is 11.8. The molecule has 0 spiro atoms. The number of likely N-dealkylation sites (N-methyl/N-ethyl adjacent to an activating group) is 1. The van der Waals surface area contributed by atoms with E-state index in [1.54, 1.807) is 17.0 Å². The van der Waals surface area contributed by atoms with Gasteiger partial charge >= 0.3 is 0 Å². The number of piperazine rings is 1. The van der Waals surface area contributed by atoms with Crippen molar-refractivity contribution in [3.8, 4) is 0 Å². The number of amides is 2. The van der Waals surface area contributed by atoms with Gasteiger partial charge in [0, 0.05) is 50.6 Å². The maximum atomic E-state index is 13.1. The van der Waals surface area contributed by atoms with Crippen molar-refractivity contribution < 1.29 is 14.0 Å². The summed E-state index contributed by atoms with van der Waals surface area (Å²) in [5.74, 6) is -0.603. The highest BCUT2D eigenvalue weighted by Crippen LogP contribution is 2.26. The first-order valence-electron chi connectivity index (χ1n) is 11.8. The Morgan fingerprint density at radius 3 is 2.45 bits per heavy atom. The predicted molar refractivity (Wildman–Crippen MR) is 129 cm³/mol. The van der Waals surface area contributed by atoms with Crippen molar-refractivity contribution in [3.63, 3.8) is 0 Å². The Morgan fingerprint density at radius 2 is 1.76 bits per heavy atom. The van der Waals surface area contributed by atoms with Gasteiger partial charge in [0.2, 0.25) is 11.8 Å². The molecule has 0 bridgehead atoms. The number of carbonyl (C=O) groups is 2. The molecule has 2 aromatic rings. The topological polar surface area (TPSA) is 55.9 Å². The lowest BCUT2D eigenvalue weighted by Crippen LogP contribution is -2.44. The SMILES string of the molecule is Cc1cc(NC(=O)C2CCCN(C(=O)Cc3ccc(F)cc3)C2)ccc1N1CCN(C)CC1. The maximum absolute atomic E-state index is 13.1. The van der Waals surface area contributed by atoms with Crippen molar-refractivity contribution >= 4 is 23.2 Å². The third-order valence-electron chi connectivity index (χ3n) is 6.72. The third-order valence-corrected chi connectivity index (χ3v) is 6.72. The van der Waals surface area contributed by atoms with Gasteiger partial charge in [-0.15, -0.1) is 0 Å². The molecule has 1 atom stereocenters. The number of piperidine rings is 1. The lowest BCUT2D eigenvalue weighted by atomic mass is 9.96. The minimum absolute atomic E-state index is 0.0218. The van der Waals surface area contributed by atoms with E-state index in [-0.39, 0.29) is 30.0 Å². The molecule has 2 aromatic carbocycles. The summed E-state index contributed by atoms with van der Waals surface area (Å²) in [6, 6.07) is 12.1. The van der Waals surface area contributed by atoms with Crippen molar-refractivity contribution in [3.05, 3.63) is 59.4 Å². The Balaban J connectivity index is 1.33. The molecule has 0 aliphatic carbocycles. The van der Waals surface area contributed by atoms with Gasteiger partial charge in [0.25, 0.3) is 0 Å². The zero-order valence-electron chi connectivity index (χ0n) is 19.5. The number of likely N-dealkylation sites (tertiary alicyclic amines) is 1. The van der Waals surface area contributed by atoms with Gasteiger partial charge in [0.05, 0.1) is 12.3 Å². The Hall–Kier alpha value is -2.93. The summed E-state index contributed by atoms with van der Waals surface area (Å²) in [6.45, 7) is 7.28. The summed E-state index contributed by atoms with van der Waals surface area (Å²) < 4.78 is 13.1. The second-order valence-electron chi connectivity index (χ2n) is 9.26. The molecule has 2 saturated heterocycles. The van der Waals surface area contributed by atoms with Crippen LogP contribution in [0, 0.1) is 18.7 Å². The maximum Gasteiger partial charge on any atom is 0.229 e. The van der Waals surface area contributed by atoms with E-state index in [1.165, 1.54) is 17.8 Å². The molecular formula is C26H33FN4O2. The third kappa shape index (κ3) is 5.90. The molecule has 0 saturated carbocycles. The summed E-state index contributed by atoms with van der Waals surface area (Å²) in [4.78, 5) is 32.2. The van der Waals surface area contributed by atoms with E-state index in [0.29, 0.717) is 13.1 Å². The number of nitrogens with one attached hydrogen (secondary N) is 1. The van der Waals surface area contributed by atoms with Crippen LogP contribution in [0.15, 0.2) is 42.5 Å². The quantitative estimate of drug-likeness (QED) is 0.756. The predicted octanol–water partition coefficient (Wildman–Crippen LogP) is 3.31. The minimum Gasteiger partial charge on any atom is -0.369 e. The van der Waals surface area contributed by atoms with Gasteiger partial charge in [-0.05, 0) is 68.3 Å². The van der Waals surface area contributed by atoms with E-state index in [0.717, 1.165) is 55.8 Å². The average Bonchev–Trinajstić information content (AvgIpc) is 2.81. The van der Waals surface area contributed by atoms with E-state index < -0.39 is 0 Å². The van der Waals surface area contributed by atoms with Crippen LogP contribution in [0.5, 0.6) is 0 Å². The van der Waals surface area contributed by atoms with E-state index in [9.17, 15) is 14.0 Å². The summed E-state index contributed by atoms with van der Waals surface area (Å²) in [5.41, 5.74) is 3.95. The number of anilines is 2. The molecule has 0 radical (unpaired) electrons. The summed E-state index contributed by atoms with van der Waals surface area (Å²) in [6.07, 6.45) is 1.79. The Bertz CT molecular complexity index is 986. The number of aryl methyl sites for hydroxylation is 1. The number of rotatable bonds is 5. The van der Waals surface area contributed by atoms with Crippen LogP contribution < -0.4 is 10.2 Å². The summed E-state index contributed by atoms with van der Waals surface area (Å²) in [7, 11) is 2.14. The standard InChI is InChI=1S/C26H33FN4O2/c1-19-16-23(9-10-24(19)30-14-12-29(2)13-15-30)28-26(33)21-4-3-11-31(18-21)25(32)17-20-5-7-22(27)8-6-20/h5-10,16,21H,3-4,11-15,17-18H2,1-2H3,(H,28,33). The smallest absolute Gasteiger partial charge is 0.229 e. The van der Waals surface area contributed by atoms with Crippen LogP contribution in [0.2, 0.25) is 0 Å². The number of benzene rings is 2. The molecule has 176 valence electrons. The van der Waals surface area contributed by atoms with Crippen LogP contribution in [0.4, 0.5) is 15.8 Å². The molecule has 2 heterocycles. The van der Waals surface area contributed by atoms with Crippen LogP contribution in [0.25, 0.3) is 0 Å². The second kappa shape index (κ2) is 10.3. The fraction of sp³-hybridized carbons (Fsp3) is 0.462. The first-order chi connectivity index (χ1) is 15.9. The van der Waals surface area contributed by atoms with Crippen LogP contribution in [0.1, 0.15) is 24.0 Å². The highest BCUT2D eigenvalue weighted by atomic mass is 19.1. The number of nitrogens with zero attached hydrogens (tertiary/aromatic N) is 3. The Morgan fingerprint density at radius 1 is 1.03 bits per heavy atom. The van der Waals surface area contributed by atoms with Crippen molar-refractivity contribution in [2.24, 2.45) is 5.92 Å². The molecule has 1 N–H and O–H groups in total.